The fourth-order valence-corrected chi connectivity index (χ4v) is 2.07. The fourth-order valence-electron chi connectivity index (χ4n) is 2.07. The zero-order valence-corrected chi connectivity index (χ0v) is 9.86. The molecule has 0 saturated heterocycles. The fraction of sp³-hybridized carbons (Fsp3) is 0.700. The van der Waals surface area contributed by atoms with E-state index in [1.54, 1.807) is 13.8 Å². The van der Waals surface area contributed by atoms with Crippen LogP contribution in [-0.4, -0.2) is 42.5 Å². The van der Waals surface area contributed by atoms with E-state index in [1.807, 2.05) is 0 Å². The molecular weight excluding hydrogens is 212 g/mol. The Kier molecular flexibility index (Phi) is 2.94. The average Bonchev–Trinajstić information content (AvgIpc) is 2.50. The number of nitrogens with zero attached hydrogens (tertiary/aromatic N) is 1. The molecule has 0 saturated carbocycles. The summed E-state index contributed by atoms with van der Waals surface area (Å²) in [4.78, 5) is 23.7. The molecule has 0 aromatic heterocycles. The van der Waals surface area contributed by atoms with E-state index in [2.05, 4.69) is 10.1 Å². The van der Waals surface area contributed by atoms with Crippen molar-refractivity contribution < 1.29 is 19.1 Å². The van der Waals surface area contributed by atoms with Gasteiger partial charge in [-0.3, -0.25) is 9.59 Å². The van der Waals surface area contributed by atoms with Crippen molar-refractivity contribution in [2.75, 3.05) is 14.2 Å². The lowest BCUT2D eigenvalue weighted by Gasteiger charge is -2.34. The Labute approximate surface area is 93.9 Å². The van der Waals surface area contributed by atoms with Crippen LogP contribution in [0.5, 0.6) is 0 Å². The van der Waals surface area contributed by atoms with Gasteiger partial charge in [0.15, 0.2) is 11.8 Å². The lowest BCUT2D eigenvalue weighted by Crippen LogP contribution is -2.58. The van der Waals surface area contributed by atoms with Crippen LogP contribution in [-0.2, 0) is 14.3 Å². The first kappa shape index (κ1) is 12.5. The van der Waals surface area contributed by atoms with E-state index in [4.69, 9.17) is 0 Å². The Bertz CT molecular complexity index is 344. The Morgan fingerprint density at radius 3 is 2.38 bits per heavy atom. The number of methoxy groups -OCH3 is 1. The largest absolute Gasteiger partial charge is 0.624 e. The molecule has 1 unspecified atom stereocenters. The molecule has 1 heterocycles. The van der Waals surface area contributed by atoms with E-state index in [-0.39, 0.29) is 6.42 Å². The predicted octanol–water partition coefficient (Wildman–Crippen LogP) is -0.345. The number of nitrogens with one attached hydrogen (secondary N) is 1. The van der Waals surface area contributed by atoms with Crippen LogP contribution in [0, 0.1) is 10.6 Å². The first-order valence-electron chi connectivity index (χ1n) is 4.95. The monoisotopic (exact) mass is 228 g/mol. The molecule has 1 amide bonds. The second-order valence-corrected chi connectivity index (χ2v) is 4.25. The first-order chi connectivity index (χ1) is 7.34. The second kappa shape index (κ2) is 3.77. The van der Waals surface area contributed by atoms with Gasteiger partial charge < -0.3 is 15.3 Å². The highest BCUT2D eigenvalue weighted by Gasteiger charge is 2.66. The number of amides is 1. The summed E-state index contributed by atoms with van der Waals surface area (Å²) in [5.41, 5.74) is -2.63. The third-order valence-corrected chi connectivity index (χ3v) is 3.31. The molecule has 1 atom stereocenters. The molecule has 0 spiro atoms. The van der Waals surface area contributed by atoms with E-state index >= 15 is 0 Å². The minimum Gasteiger partial charge on any atom is -0.624 e. The number of carbonyl (C=O) groups is 2. The van der Waals surface area contributed by atoms with Gasteiger partial charge in [-0.1, -0.05) is 0 Å². The standard InChI is InChI=1S/C10H16N2O4/c1-9(2)10(7(13)11-3,8(14)16-4)5-6-12(9)15/h6H,5H2,1-4H3,(H,11,13). The molecule has 1 N–H and O–H groups in total. The second-order valence-electron chi connectivity index (χ2n) is 4.25. The molecular formula is C10H16N2O4. The maximum Gasteiger partial charge on any atom is 0.329 e. The molecule has 90 valence electrons. The third kappa shape index (κ3) is 1.29. The topological polar surface area (TPSA) is 81.5 Å². The Hall–Kier alpha value is -1.59. The van der Waals surface area contributed by atoms with Crippen LogP contribution >= 0.6 is 0 Å². The van der Waals surface area contributed by atoms with Gasteiger partial charge in [0.1, 0.15) is 0 Å². The Morgan fingerprint density at radius 1 is 1.50 bits per heavy atom. The van der Waals surface area contributed by atoms with Crippen LogP contribution in [0.1, 0.15) is 20.3 Å². The molecule has 0 aromatic rings. The van der Waals surface area contributed by atoms with Crippen LogP contribution in [0.3, 0.4) is 0 Å². The lowest BCUT2D eigenvalue weighted by molar-refractivity contribution is -0.539. The molecule has 1 aliphatic rings. The quantitative estimate of drug-likeness (QED) is 0.303. The average molecular weight is 228 g/mol. The lowest BCUT2D eigenvalue weighted by atomic mass is 9.70. The maximum absolute atomic E-state index is 11.9. The normalized spacial score (nSPS) is 27.1. The van der Waals surface area contributed by atoms with Crippen LogP contribution < -0.4 is 5.32 Å². The van der Waals surface area contributed by atoms with Crippen LogP contribution in [0.15, 0.2) is 0 Å². The summed E-state index contributed by atoms with van der Waals surface area (Å²) in [5.74, 6) is -1.19. The highest BCUT2D eigenvalue weighted by Crippen LogP contribution is 2.42. The van der Waals surface area contributed by atoms with Gasteiger partial charge in [-0.25, -0.2) is 4.74 Å². The van der Waals surface area contributed by atoms with Crippen molar-refractivity contribution in [2.45, 2.75) is 25.8 Å². The summed E-state index contributed by atoms with van der Waals surface area (Å²) < 4.78 is 5.30. The summed E-state index contributed by atoms with van der Waals surface area (Å²) in [7, 11) is 2.63. The molecule has 1 aliphatic heterocycles. The third-order valence-electron chi connectivity index (χ3n) is 3.31. The molecule has 16 heavy (non-hydrogen) atoms. The number of ether oxygens (including phenoxy) is 1. The van der Waals surface area contributed by atoms with Crippen LogP contribution in [0.25, 0.3) is 0 Å². The summed E-state index contributed by atoms with van der Waals surface area (Å²) in [6, 6.07) is 0. The number of rotatable bonds is 2. The van der Waals surface area contributed by atoms with Crippen molar-refractivity contribution in [3.8, 4) is 0 Å². The van der Waals surface area contributed by atoms with Gasteiger partial charge in [-0.05, 0) is 0 Å². The zero-order valence-electron chi connectivity index (χ0n) is 9.86. The van der Waals surface area contributed by atoms with Gasteiger partial charge >= 0.3 is 5.97 Å². The molecule has 6 heteroatoms. The predicted molar refractivity (Wildman–Crippen MR) is 56.9 cm³/mol. The Morgan fingerprint density at radius 2 is 2.06 bits per heavy atom. The Balaban J connectivity index is 3.30. The minimum absolute atomic E-state index is 0.0514. The molecule has 0 fully saturated rings. The summed E-state index contributed by atoms with van der Waals surface area (Å²) in [6.45, 7) is 3.10. The van der Waals surface area contributed by atoms with Gasteiger partial charge in [-0.15, -0.1) is 0 Å². The molecule has 0 radical (unpaired) electrons. The van der Waals surface area contributed by atoms with Crippen LogP contribution in [0.2, 0.25) is 0 Å². The number of esters is 1. The zero-order chi connectivity index (χ0) is 12.6. The van der Waals surface area contributed by atoms with Crippen molar-refractivity contribution in [3.63, 3.8) is 0 Å². The van der Waals surface area contributed by atoms with Crippen molar-refractivity contribution >= 4 is 18.1 Å². The van der Waals surface area contributed by atoms with Gasteiger partial charge in [0.25, 0.3) is 0 Å². The van der Waals surface area contributed by atoms with E-state index in [0.29, 0.717) is 4.74 Å². The van der Waals surface area contributed by atoms with Gasteiger partial charge in [0.05, 0.1) is 13.5 Å². The summed E-state index contributed by atoms with van der Waals surface area (Å²) >= 11 is 0. The van der Waals surface area contributed by atoms with E-state index in [0.717, 1.165) is 0 Å². The number of hydrogen-bond donors (Lipinski definition) is 1. The van der Waals surface area contributed by atoms with Crippen LogP contribution in [0.4, 0.5) is 0 Å². The van der Waals surface area contributed by atoms with Gasteiger partial charge in [0.2, 0.25) is 11.3 Å². The molecule has 6 nitrogen and oxygen atoms in total. The molecule has 0 bridgehead atoms. The van der Waals surface area contributed by atoms with Crippen molar-refractivity contribution in [2.24, 2.45) is 5.41 Å². The van der Waals surface area contributed by atoms with Gasteiger partial charge in [0, 0.05) is 20.9 Å². The maximum atomic E-state index is 11.9. The smallest absolute Gasteiger partial charge is 0.329 e. The van der Waals surface area contributed by atoms with Gasteiger partial charge in [-0.2, -0.15) is 0 Å². The van der Waals surface area contributed by atoms with E-state index in [1.165, 1.54) is 20.4 Å². The minimum atomic E-state index is -1.47. The van der Waals surface area contributed by atoms with Crippen molar-refractivity contribution in [3.05, 3.63) is 5.21 Å². The van der Waals surface area contributed by atoms with Crippen molar-refractivity contribution in [1.82, 2.24) is 5.32 Å². The first-order valence-corrected chi connectivity index (χ1v) is 4.95. The number of carbonyl (C=O) groups excluding carboxylic acids is 2. The molecule has 0 aromatic carbocycles. The summed E-state index contributed by atoms with van der Waals surface area (Å²) in [5, 5.41) is 14.0. The highest BCUT2D eigenvalue weighted by molar-refractivity contribution is 6.06. The number of hydrogen-bond acceptors (Lipinski definition) is 4. The SMILES string of the molecule is CNC(=O)C1(C(=O)OC)CC=[N+]([O-])C1(C)C. The van der Waals surface area contributed by atoms with E-state index < -0.39 is 22.8 Å². The molecule has 0 aliphatic carbocycles. The summed E-state index contributed by atoms with van der Waals surface area (Å²) in [6.07, 6.45) is 1.35. The van der Waals surface area contributed by atoms with Crippen molar-refractivity contribution in [1.29, 1.82) is 0 Å². The highest BCUT2D eigenvalue weighted by atomic mass is 16.5. The van der Waals surface area contributed by atoms with E-state index in [9.17, 15) is 14.8 Å². The molecule has 1 rings (SSSR count). The number of hydroxylamine groups is 1.